The van der Waals surface area contributed by atoms with E-state index in [1.54, 1.807) is 12.3 Å². The molecule has 1 aliphatic rings. The van der Waals surface area contributed by atoms with Crippen molar-refractivity contribution in [2.24, 2.45) is 0 Å². The van der Waals surface area contributed by atoms with Gasteiger partial charge in [0.25, 0.3) is 15.0 Å². The van der Waals surface area contributed by atoms with Gasteiger partial charge in [-0.05, 0) is 31.7 Å². The van der Waals surface area contributed by atoms with Crippen molar-refractivity contribution in [2.45, 2.75) is 36.4 Å². The molecule has 0 radical (unpaired) electrons. The third-order valence-electron chi connectivity index (χ3n) is 2.90. The van der Waals surface area contributed by atoms with Crippen molar-refractivity contribution in [2.75, 3.05) is 0 Å². The zero-order valence-electron chi connectivity index (χ0n) is 9.20. The van der Waals surface area contributed by atoms with Crippen LogP contribution in [0.1, 0.15) is 35.2 Å². The molecule has 1 fully saturated rings. The van der Waals surface area contributed by atoms with E-state index in [0.29, 0.717) is 11.1 Å². The van der Waals surface area contributed by atoms with E-state index in [4.69, 9.17) is 10.7 Å². The van der Waals surface area contributed by atoms with E-state index < -0.39 is 9.05 Å². The second kappa shape index (κ2) is 4.59. The predicted octanol–water partition coefficient (Wildman–Crippen LogP) is 2.27. The van der Waals surface area contributed by atoms with Gasteiger partial charge in [0, 0.05) is 22.1 Å². The Bertz CT molecular complexity index is 546. The highest BCUT2D eigenvalue weighted by Crippen LogP contribution is 2.29. The molecule has 94 valence electrons. The maximum absolute atomic E-state index is 11.9. The highest BCUT2D eigenvalue weighted by atomic mass is 35.7. The molecule has 7 heteroatoms. The Morgan fingerprint density at radius 3 is 2.59 bits per heavy atom. The molecule has 0 spiro atoms. The van der Waals surface area contributed by atoms with Crippen molar-refractivity contribution in [3.05, 3.63) is 16.5 Å². The summed E-state index contributed by atoms with van der Waals surface area (Å²) >= 11 is 0.983. The summed E-state index contributed by atoms with van der Waals surface area (Å²) in [5.74, 6) is -0.213. The average molecular weight is 294 g/mol. The minimum Gasteiger partial charge on any atom is -0.349 e. The van der Waals surface area contributed by atoms with E-state index in [1.165, 1.54) is 0 Å². The van der Waals surface area contributed by atoms with Gasteiger partial charge in [-0.3, -0.25) is 4.79 Å². The number of nitrogens with one attached hydrogen (secondary N) is 1. The average Bonchev–Trinajstić information content (AvgIpc) is 2.52. The third-order valence-corrected chi connectivity index (χ3v) is 6.21. The van der Waals surface area contributed by atoms with E-state index in [1.807, 2.05) is 0 Å². The molecule has 1 heterocycles. The Kier molecular flexibility index (Phi) is 3.47. The third kappa shape index (κ3) is 2.64. The van der Waals surface area contributed by atoms with Crippen molar-refractivity contribution >= 4 is 37.0 Å². The maximum Gasteiger partial charge on any atom is 0.271 e. The van der Waals surface area contributed by atoms with Crippen molar-refractivity contribution in [3.8, 4) is 0 Å². The van der Waals surface area contributed by atoms with Crippen LogP contribution in [0, 0.1) is 6.92 Å². The SMILES string of the molecule is Cc1c(C(=O)NC2CCC2)csc1S(=O)(=O)Cl. The molecule has 0 aliphatic heterocycles. The first-order valence-corrected chi connectivity index (χ1v) is 8.42. The topological polar surface area (TPSA) is 63.2 Å². The van der Waals surface area contributed by atoms with Crippen LogP contribution in [0.3, 0.4) is 0 Å². The molecule has 2 rings (SSSR count). The van der Waals surface area contributed by atoms with Crippen molar-refractivity contribution < 1.29 is 13.2 Å². The second-order valence-electron chi connectivity index (χ2n) is 4.10. The summed E-state index contributed by atoms with van der Waals surface area (Å²) in [5, 5.41) is 4.41. The van der Waals surface area contributed by atoms with Gasteiger partial charge in [-0.25, -0.2) is 8.42 Å². The summed E-state index contributed by atoms with van der Waals surface area (Å²) in [6.07, 6.45) is 3.13. The van der Waals surface area contributed by atoms with E-state index in [0.717, 1.165) is 30.6 Å². The van der Waals surface area contributed by atoms with Crippen molar-refractivity contribution in [3.63, 3.8) is 0 Å². The molecule has 4 nitrogen and oxygen atoms in total. The fraction of sp³-hybridized carbons (Fsp3) is 0.500. The summed E-state index contributed by atoms with van der Waals surface area (Å²) in [5.41, 5.74) is 0.836. The fourth-order valence-corrected chi connectivity index (χ4v) is 4.23. The number of rotatable bonds is 3. The van der Waals surface area contributed by atoms with Crippen LogP contribution in [0.5, 0.6) is 0 Å². The molecule has 1 N–H and O–H groups in total. The van der Waals surface area contributed by atoms with Gasteiger partial charge in [0.05, 0.1) is 5.56 Å². The summed E-state index contributed by atoms with van der Waals surface area (Å²) in [6, 6.07) is 0.234. The maximum atomic E-state index is 11.9. The second-order valence-corrected chi connectivity index (χ2v) is 7.74. The molecule has 0 atom stereocenters. The molecular formula is C10H12ClNO3S2. The van der Waals surface area contributed by atoms with Gasteiger partial charge in [-0.2, -0.15) is 0 Å². The number of carbonyl (C=O) groups is 1. The lowest BCUT2D eigenvalue weighted by Crippen LogP contribution is -2.39. The summed E-state index contributed by atoms with van der Waals surface area (Å²) in [6.45, 7) is 1.60. The standard InChI is InChI=1S/C10H12ClNO3S2/c1-6-8(5-16-10(6)17(11,14)15)9(13)12-7-3-2-4-7/h5,7H,2-4H2,1H3,(H,12,13). The van der Waals surface area contributed by atoms with Crippen LogP contribution in [0.4, 0.5) is 0 Å². The van der Waals surface area contributed by atoms with Gasteiger partial charge in [-0.1, -0.05) is 0 Å². The van der Waals surface area contributed by atoms with E-state index >= 15 is 0 Å². The van der Waals surface area contributed by atoms with E-state index in [-0.39, 0.29) is 16.2 Å². The first-order valence-electron chi connectivity index (χ1n) is 5.23. The first kappa shape index (κ1) is 12.9. The molecule has 1 aliphatic carbocycles. The number of hydrogen-bond donors (Lipinski definition) is 1. The van der Waals surface area contributed by atoms with Crippen molar-refractivity contribution in [1.82, 2.24) is 5.32 Å². The summed E-state index contributed by atoms with van der Waals surface area (Å²) in [7, 11) is 1.52. The molecule has 1 aromatic rings. The monoisotopic (exact) mass is 293 g/mol. The number of hydrogen-bond acceptors (Lipinski definition) is 4. The van der Waals surface area contributed by atoms with Gasteiger partial charge in [0.2, 0.25) is 0 Å². The number of amides is 1. The lowest BCUT2D eigenvalue weighted by Gasteiger charge is -2.26. The van der Waals surface area contributed by atoms with Crippen molar-refractivity contribution in [1.29, 1.82) is 0 Å². The number of halogens is 1. The molecule has 0 aromatic carbocycles. The summed E-state index contributed by atoms with van der Waals surface area (Å²) < 4.78 is 22.5. The fourth-order valence-electron chi connectivity index (χ4n) is 1.68. The van der Waals surface area contributed by atoms with Crippen LogP contribution in [-0.2, 0) is 9.05 Å². The van der Waals surface area contributed by atoms with Gasteiger partial charge in [0.15, 0.2) is 0 Å². The van der Waals surface area contributed by atoms with Crippen LogP contribution in [-0.4, -0.2) is 20.4 Å². The molecule has 1 aromatic heterocycles. The molecule has 17 heavy (non-hydrogen) atoms. The van der Waals surface area contributed by atoms with Gasteiger partial charge >= 0.3 is 0 Å². The number of carbonyl (C=O) groups excluding carboxylic acids is 1. The zero-order chi connectivity index (χ0) is 12.6. The first-order chi connectivity index (χ1) is 7.89. The minimum absolute atomic E-state index is 0.0536. The Balaban J connectivity index is 2.21. The lowest BCUT2D eigenvalue weighted by molar-refractivity contribution is 0.0916. The van der Waals surface area contributed by atoms with Gasteiger partial charge in [-0.15, -0.1) is 11.3 Å². The summed E-state index contributed by atoms with van der Waals surface area (Å²) in [4.78, 5) is 11.9. The van der Waals surface area contributed by atoms with Crippen LogP contribution >= 0.6 is 22.0 Å². The molecular weight excluding hydrogens is 282 g/mol. The highest BCUT2D eigenvalue weighted by Gasteiger charge is 2.25. The Morgan fingerprint density at radius 2 is 2.18 bits per heavy atom. The Morgan fingerprint density at radius 1 is 1.53 bits per heavy atom. The molecule has 1 saturated carbocycles. The Hall–Kier alpha value is -0.590. The smallest absolute Gasteiger partial charge is 0.271 e. The molecule has 0 bridgehead atoms. The van der Waals surface area contributed by atoms with Gasteiger partial charge in [0.1, 0.15) is 4.21 Å². The number of thiophene rings is 1. The van der Waals surface area contributed by atoms with E-state index in [9.17, 15) is 13.2 Å². The van der Waals surface area contributed by atoms with Gasteiger partial charge < -0.3 is 5.32 Å². The molecule has 0 unspecified atom stereocenters. The lowest BCUT2D eigenvalue weighted by atomic mass is 9.93. The Labute approximate surface area is 108 Å². The minimum atomic E-state index is -3.76. The predicted molar refractivity (Wildman–Crippen MR) is 67.2 cm³/mol. The largest absolute Gasteiger partial charge is 0.349 e. The van der Waals surface area contributed by atoms with Crippen LogP contribution in [0.15, 0.2) is 9.59 Å². The van der Waals surface area contributed by atoms with Crippen LogP contribution in [0.2, 0.25) is 0 Å². The van der Waals surface area contributed by atoms with Crippen LogP contribution < -0.4 is 5.32 Å². The zero-order valence-corrected chi connectivity index (χ0v) is 11.6. The highest BCUT2D eigenvalue weighted by molar-refractivity contribution is 8.15. The molecule has 1 amide bonds. The normalized spacial score (nSPS) is 16.6. The quantitative estimate of drug-likeness (QED) is 0.870. The van der Waals surface area contributed by atoms with Crippen LogP contribution in [0.25, 0.3) is 0 Å². The molecule has 0 saturated heterocycles. The van der Waals surface area contributed by atoms with E-state index in [2.05, 4.69) is 5.32 Å².